The molecule has 0 aromatic carbocycles. The third kappa shape index (κ3) is 4.49. The minimum atomic E-state index is 0.0486. The van der Waals surface area contributed by atoms with Gasteiger partial charge >= 0.3 is 0 Å². The zero-order valence-corrected chi connectivity index (χ0v) is 10.6. The van der Waals surface area contributed by atoms with Crippen molar-refractivity contribution in [3.05, 3.63) is 0 Å². The lowest BCUT2D eigenvalue weighted by Crippen LogP contribution is -2.44. The van der Waals surface area contributed by atoms with Crippen molar-refractivity contribution in [1.29, 1.82) is 0 Å². The molecular formula is C12H24N2O2. The van der Waals surface area contributed by atoms with E-state index >= 15 is 0 Å². The lowest BCUT2D eigenvalue weighted by atomic mass is 9.70. The van der Waals surface area contributed by atoms with Crippen LogP contribution in [0.3, 0.4) is 0 Å². The summed E-state index contributed by atoms with van der Waals surface area (Å²) in [5.74, 6) is 0.0486. The molecule has 94 valence electrons. The summed E-state index contributed by atoms with van der Waals surface area (Å²) in [4.78, 5) is 11.5. The van der Waals surface area contributed by atoms with Gasteiger partial charge in [-0.25, -0.2) is 0 Å². The summed E-state index contributed by atoms with van der Waals surface area (Å²) < 4.78 is 4.95. The van der Waals surface area contributed by atoms with Crippen molar-refractivity contribution in [3.8, 4) is 0 Å². The second-order valence-corrected chi connectivity index (χ2v) is 5.19. The van der Waals surface area contributed by atoms with Gasteiger partial charge < -0.3 is 15.4 Å². The second kappa shape index (κ2) is 6.21. The Kier molecular flexibility index (Phi) is 5.22. The van der Waals surface area contributed by atoms with E-state index in [0.717, 1.165) is 6.54 Å². The molecule has 1 atom stereocenters. The maximum atomic E-state index is 11.5. The highest BCUT2D eigenvalue weighted by atomic mass is 16.5. The van der Waals surface area contributed by atoms with Gasteiger partial charge in [0.1, 0.15) is 0 Å². The largest absolute Gasteiger partial charge is 0.383 e. The van der Waals surface area contributed by atoms with Crippen LogP contribution < -0.4 is 10.6 Å². The van der Waals surface area contributed by atoms with Crippen LogP contribution >= 0.6 is 0 Å². The molecule has 0 aliphatic heterocycles. The van der Waals surface area contributed by atoms with Crippen molar-refractivity contribution in [2.45, 2.75) is 39.2 Å². The van der Waals surface area contributed by atoms with Crippen molar-refractivity contribution < 1.29 is 9.53 Å². The smallest absolute Gasteiger partial charge is 0.234 e. The average molecular weight is 228 g/mol. The summed E-state index contributed by atoms with van der Waals surface area (Å²) in [6.07, 6.45) is 3.89. The Balaban J connectivity index is 2.05. The number of hydrogen-bond donors (Lipinski definition) is 2. The van der Waals surface area contributed by atoms with E-state index in [0.29, 0.717) is 18.6 Å². The standard InChI is InChI=1S/C12H24N2O2/c1-10(8-16-3)14-11(15)7-13-9-12(2)5-4-6-12/h10,13H,4-9H2,1-3H3,(H,14,15). The number of methoxy groups -OCH3 is 1. The maximum Gasteiger partial charge on any atom is 0.234 e. The zero-order chi connectivity index (χ0) is 12.0. The quantitative estimate of drug-likeness (QED) is 0.681. The van der Waals surface area contributed by atoms with Crippen LogP contribution in [0.4, 0.5) is 0 Å². The Hall–Kier alpha value is -0.610. The van der Waals surface area contributed by atoms with E-state index in [1.54, 1.807) is 7.11 Å². The predicted octanol–water partition coefficient (Wildman–Crippen LogP) is 0.917. The number of carbonyl (C=O) groups excluding carboxylic acids is 1. The molecule has 0 aromatic heterocycles. The first-order valence-corrected chi connectivity index (χ1v) is 6.05. The molecule has 0 bridgehead atoms. The van der Waals surface area contributed by atoms with Crippen LogP contribution in [-0.4, -0.2) is 38.8 Å². The summed E-state index contributed by atoms with van der Waals surface area (Å²) in [6, 6.07) is 0.0820. The highest BCUT2D eigenvalue weighted by Gasteiger charge is 2.31. The number of rotatable bonds is 7. The number of nitrogens with one attached hydrogen (secondary N) is 2. The molecular weight excluding hydrogens is 204 g/mol. The molecule has 0 saturated heterocycles. The molecule has 1 aliphatic carbocycles. The Bertz CT molecular complexity index is 227. The second-order valence-electron chi connectivity index (χ2n) is 5.19. The van der Waals surface area contributed by atoms with E-state index in [1.807, 2.05) is 6.92 Å². The summed E-state index contributed by atoms with van der Waals surface area (Å²) >= 11 is 0. The van der Waals surface area contributed by atoms with E-state index < -0.39 is 0 Å². The monoisotopic (exact) mass is 228 g/mol. The van der Waals surface area contributed by atoms with Crippen molar-refractivity contribution in [3.63, 3.8) is 0 Å². The zero-order valence-electron chi connectivity index (χ0n) is 10.6. The van der Waals surface area contributed by atoms with Gasteiger partial charge in [0.25, 0.3) is 0 Å². The number of ether oxygens (including phenoxy) is 1. The lowest BCUT2D eigenvalue weighted by Gasteiger charge is -2.38. The predicted molar refractivity (Wildman–Crippen MR) is 64.3 cm³/mol. The molecule has 1 unspecified atom stereocenters. The molecule has 16 heavy (non-hydrogen) atoms. The first-order chi connectivity index (χ1) is 7.56. The lowest BCUT2D eigenvalue weighted by molar-refractivity contribution is -0.121. The number of carbonyl (C=O) groups is 1. The molecule has 0 aromatic rings. The van der Waals surface area contributed by atoms with Gasteiger partial charge in [-0.2, -0.15) is 0 Å². The third-order valence-electron chi connectivity index (χ3n) is 3.22. The summed E-state index contributed by atoms with van der Waals surface area (Å²) in [6.45, 7) is 6.12. The van der Waals surface area contributed by atoms with Crippen LogP contribution in [-0.2, 0) is 9.53 Å². The van der Waals surface area contributed by atoms with E-state index in [4.69, 9.17) is 4.74 Å². The number of amides is 1. The number of hydrogen-bond acceptors (Lipinski definition) is 3. The Morgan fingerprint density at radius 3 is 2.69 bits per heavy atom. The van der Waals surface area contributed by atoms with Crippen molar-refractivity contribution in [2.75, 3.05) is 26.8 Å². The molecule has 4 heteroatoms. The van der Waals surface area contributed by atoms with Crippen LogP contribution in [0.2, 0.25) is 0 Å². The van der Waals surface area contributed by atoms with Crippen molar-refractivity contribution in [1.82, 2.24) is 10.6 Å². The molecule has 0 spiro atoms. The molecule has 1 aliphatic rings. The fourth-order valence-corrected chi connectivity index (χ4v) is 2.05. The highest BCUT2D eigenvalue weighted by molar-refractivity contribution is 5.78. The Morgan fingerprint density at radius 1 is 1.50 bits per heavy atom. The SMILES string of the molecule is COCC(C)NC(=O)CNCC1(C)CCC1. The fraction of sp³-hybridized carbons (Fsp3) is 0.917. The van der Waals surface area contributed by atoms with Crippen molar-refractivity contribution in [2.24, 2.45) is 5.41 Å². The van der Waals surface area contributed by atoms with Gasteiger partial charge in [0.15, 0.2) is 0 Å². The van der Waals surface area contributed by atoms with E-state index in [2.05, 4.69) is 17.6 Å². The molecule has 1 fully saturated rings. The maximum absolute atomic E-state index is 11.5. The summed E-state index contributed by atoms with van der Waals surface area (Å²) in [5.41, 5.74) is 0.429. The highest BCUT2D eigenvalue weighted by Crippen LogP contribution is 2.39. The average Bonchev–Trinajstić information content (AvgIpc) is 2.15. The summed E-state index contributed by atoms with van der Waals surface area (Å²) in [7, 11) is 1.64. The van der Waals surface area contributed by atoms with E-state index in [9.17, 15) is 4.79 Å². The van der Waals surface area contributed by atoms with Crippen LogP contribution in [0.5, 0.6) is 0 Å². The Labute approximate surface area is 98.1 Å². The van der Waals surface area contributed by atoms with Gasteiger partial charge in [-0.3, -0.25) is 4.79 Å². The topological polar surface area (TPSA) is 50.4 Å². The van der Waals surface area contributed by atoms with Gasteiger partial charge in [0, 0.05) is 19.7 Å². The molecule has 2 N–H and O–H groups in total. The van der Waals surface area contributed by atoms with Crippen LogP contribution in [0.15, 0.2) is 0 Å². The van der Waals surface area contributed by atoms with Crippen LogP contribution in [0, 0.1) is 5.41 Å². The van der Waals surface area contributed by atoms with Crippen LogP contribution in [0.25, 0.3) is 0 Å². The normalized spacial score (nSPS) is 19.9. The van der Waals surface area contributed by atoms with E-state index in [1.165, 1.54) is 19.3 Å². The fourth-order valence-electron chi connectivity index (χ4n) is 2.05. The minimum absolute atomic E-state index is 0.0486. The summed E-state index contributed by atoms with van der Waals surface area (Å²) in [5, 5.41) is 6.10. The Morgan fingerprint density at radius 2 is 2.19 bits per heavy atom. The first-order valence-electron chi connectivity index (χ1n) is 6.05. The van der Waals surface area contributed by atoms with Gasteiger partial charge in [0.2, 0.25) is 5.91 Å². The van der Waals surface area contributed by atoms with Crippen LogP contribution in [0.1, 0.15) is 33.1 Å². The molecule has 0 heterocycles. The van der Waals surface area contributed by atoms with Gasteiger partial charge in [-0.05, 0) is 25.2 Å². The molecule has 0 radical (unpaired) electrons. The van der Waals surface area contributed by atoms with Gasteiger partial charge in [0.05, 0.1) is 13.2 Å². The molecule has 1 rings (SSSR count). The van der Waals surface area contributed by atoms with Gasteiger partial charge in [-0.1, -0.05) is 13.3 Å². The first kappa shape index (κ1) is 13.5. The minimum Gasteiger partial charge on any atom is -0.383 e. The molecule has 1 saturated carbocycles. The third-order valence-corrected chi connectivity index (χ3v) is 3.22. The van der Waals surface area contributed by atoms with E-state index in [-0.39, 0.29) is 11.9 Å². The van der Waals surface area contributed by atoms with Crippen molar-refractivity contribution >= 4 is 5.91 Å². The molecule has 4 nitrogen and oxygen atoms in total. The molecule has 1 amide bonds. The van der Waals surface area contributed by atoms with Gasteiger partial charge in [-0.15, -0.1) is 0 Å².